The van der Waals surface area contributed by atoms with Crippen molar-refractivity contribution in [3.63, 3.8) is 0 Å². The molecule has 11 heavy (non-hydrogen) atoms. The van der Waals surface area contributed by atoms with Crippen molar-refractivity contribution in [1.82, 2.24) is 9.97 Å². The van der Waals surface area contributed by atoms with Crippen molar-refractivity contribution < 1.29 is 4.74 Å². The number of ether oxygens (including phenoxy) is 1. The van der Waals surface area contributed by atoms with Gasteiger partial charge in [0.25, 0.3) is 0 Å². The van der Waals surface area contributed by atoms with Crippen LogP contribution in [0.2, 0.25) is 0 Å². The maximum atomic E-state index is 5.92. The van der Waals surface area contributed by atoms with Crippen molar-refractivity contribution >= 4 is 0 Å². The van der Waals surface area contributed by atoms with E-state index in [0.29, 0.717) is 13.2 Å². The first kappa shape index (κ1) is 6.69. The van der Waals surface area contributed by atoms with E-state index in [1.54, 1.807) is 12.4 Å². The summed E-state index contributed by atoms with van der Waals surface area (Å²) in [6.45, 7) is 1.14. The highest BCUT2D eigenvalue weighted by Gasteiger charge is 2.36. The predicted octanol–water partition coefficient (Wildman–Crippen LogP) is -0.339. The second-order valence-corrected chi connectivity index (χ2v) is 2.78. The van der Waals surface area contributed by atoms with Gasteiger partial charge in [0, 0.05) is 18.0 Å². The summed E-state index contributed by atoms with van der Waals surface area (Å²) >= 11 is 0. The van der Waals surface area contributed by atoms with Crippen molar-refractivity contribution in [2.75, 3.05) is 13.2 Å². The van der Waals surface area contributed by atoms with Crippen LogP contribution in [0.4, 0.5) is 0 Å². The first-order valence-electron chi connectivity index (χ1n) is 3.43. The standard InChI is InChI=1S/C7H9N3O/c8-7(3-11-4-7)6-1-9-5-10-2-6/h1-2,5H,3-4,8H2. The van der Waals surface area contributed by atoms with Gasteiger partial charge < -0.3 is 10.5 Å². The Labute approximate surface area is 64.4 Å². The molecule has 0 bridgehead atoms. The monoisotopic (exact) mass is 151 g/mol. The SMILES string of the molecule is NC1(c2cncnc2)COC1. The minimum absolute atomic E-state index is 0.332. The van der Waals surface area contributed by atoms with E-state index in [1.165, 1.54) is 6.33 Å². The Hall–Kier alpha value is -1.00. The van der Waals surface area contributed by atoms with Crippen LogP contribution in [0.5, 0.6) is 0 Å². The van der Waals surface area contributed by atoms with Crippen LogP contribution in [-0.2, 0) is 10.3 Å². The highest BCUT2D eigenvalue weighted by molar-refractivity contribution is 5.19. The Kier molecular flexibility index (Phi) is 1.37. The van der Waals surface area contributed by atoms with Gasteiger partial charge in [-0.3, -0.25) is 0 Å². The topological polar surface area (TPSA) is 61.0 Å². The number of nitrogens with two attached hydrogens (primary N) is 1. The van der Waals surface area contributed by atoms with Crippen LogP contribution in [0, 0.1) is 0 Å². The molecule has 4 nitrogen and oxygen atoms in total. The lowest BCUT2D eigenvalue weighted by Crippen LogP contribution is -2.54. The fraction of sp³-hybridized carbons (Fsp3) is 0.429. The first-order chi connectivity index (χ1) is 5.31. The van der Waals surface area contributed by atoms with Crippen LogP contribution in [-0.4, -0.2) is 23.2 Å². The summed E-state index contributed by atoms with van der Waals surface area (Å²) in [5.74, 6) is 0. The highest BCUT2D eigenvalue weighted by atomic mass is 16.5. The lowest BCUT2D eigenvalue weighted by molar-refractivity contribution is -0.0572. The van der Waals surface area contributed by atoms with Crippen LogP contribution >= 0.6 is 0 Å². The van der Waals surface area contributed by atoms with Gasteiger partial charge in [0.15, 0.2) is 0 Å². The van der Waals surface area contributed by atoms with Gasteiger partial charge in [0.1, 0.15) is 6.33 Å². The quantitative estimate of drug-likeness (QED) is 0.596. The van der Waals surface area contributed by atoms with Gasteiger partial charge in [-0.1, -0.05) is 0 Å². The maximum absolute atomic E-state index is 5.92. The molecule has 2 heterocycles. The first-order valence-corrected chi connectivity index (χ1v) is 3.43. The second kappa shape index (κ2) is 2.25. The zero-order valence-corrected chi connectivity index (χ0v) is 6.03. The summed E-state index contributed by atoms with van der Waals surface area (Å²) in [6, 6.07) is 0. The molecule has 0 aliphatic carbocycles. The van der Waals surface area contributed by atoms with E-state index in [-0.39, 0.29) is 5.54 Å². The molecule has 4 heteroatoms. The van der Waals surface area contributed by atoms with Crippen molar-refractivity contribution in [2.24, 2.45) is 5.73 Å². The third-order valence-corrected chi connectivity index (χ3v) is 1.85. The van der Waals surface area contributed by atoms with Crippen molar-refractivity contribution in [2.45, 2.75) is 5.54 Å². The van der Waals surface area contributed by atoms with Gasteiger partial charge in [-0.25, -0.2) is 9.97 Å². The Morgan fingerprint density at radius 3 is 2.45 bits per heavy atom. The van der Waals surface area contributed by atoms with Crippen LogP contribution in [0.15, 0.2) is 18.7 Å². The third-order valence-electron chi connectivity index (χ3n) is 1.85. The molecule has 1 aliphatic heterocycles. The normalized spacial score (nSPS) is 20.8. The maximum Gasteiger partial charge on any atom is 0.115 e. The fourth-order valence-electron chi connectivity index (χ4n) is 1.04. The van der Waals surface area contributed by atoms with E-state index in [1.807, 2.05) is 0 Å². The largest absolute Gasteiger partial charge is 0.377 e. The van der Waals surface area contributed by atoms with Gasteiger partial charge in [0.2, 0.25) is 0 Å². The molecule has 0 spiro atoms. The molecular weight excluding hydrogens is 142 g/mol. The molecule has 0 saturated carbocycles. The minimum atomic E-state index is -0.332. The van der Waals surface area contributed by atoms with Crippen LogP contribution < -0.4 is 5.73 Å². The average Bonchev–Trinajstić information content (AvgIpc) is 2.02. The van der Waals surface area contributed by atoms with E-state index < -0.39 is 0 Å². The van der Waals surface area contributed by atoms with Crippen molar-refractivity contribution in [1.29, 1.82) is 0 Å². The summed E-state index contributed by atoms with van der Waals surface area (Å²) in [4.78, 5) is 7.77. The second-order valence-electron chi connectivity index (χ2n) is 2.78. The molecule has 0 radical (unpaired) electrons. The van der Waals surface area contributed by atoms with E-state index >= 15 is 0 Å². The number of rotatable bonds is 1. The van der Waals surface area contributed by atoms with Gasteiger partial charge in [-0.2, -0.15) is 0 Å². The van der Waals surface area contributed by atoms with E-state index in [2.05, 4.69) is 9.97 Å². The Morgan fingerprint density at radius 1 is 1.36 bits per heavy atom. The molecule has 0 unspecified atom stereocenters. The molecule has 1 saturated heterocycles. The molecule has 1 fully saturated rings. The number of hydrogen-bond donors (Lipinski definition) is 1. The molecular formula is C7H9N3O. The molecule has 2 N–H and O–H groups in total. The summed E-state index contributed by atoms with van der Waals surface area (Å²) in [5, 5.41) is 0. The Bertz CT molecular complexity index is 245. The highest BCUT2D eigenvalue weighted by Crippen LogP contribution is 2.24. The summed E-state index contributed by atoms with van der Waals surface area (Å²) in [7, 11) is 0. The van der Waals surface area contributed by atoms with Crippen LogP contribution in [0.25, 0.3) is 0 Å². The number of nitrogens with zero attached hydrogens (tertiary/aromatic N) is 2. The third kappa shape index (κ3) is 1.00. The lowest BCUT2D eigenvalue weighted by atomic mass is 9.92. The summed E-state index contributed by atoms with van der Waals surface area (Å²) in [5.41, 5.74) is 6.54. The van der Waals surface area contributed by atoms with E-state index in [0.717, 1.165) is 5.56 Å². The molecule has 1 aromatic rings. The molecule has 0 atom stereocenters. The van der Waals surface area contributed by atoms with E-state index in [4.69, 9.17) is 10.5 Å². The lowest BCUT2D eigenvalue weighted by Gasteiger charge is -2.37. The van der Waals surface area contributed by atoms with E-state index in [9.17, 15) is 0 Å². The van der Waals surface area contributed by atoms with Gasteiger partial charge >= 0.3 is 0 Å². The molecule has 58 valence electrons. The number of hydrogen-bond acceptors (Lipinski definition) is 4. The Morgan fingerprint density at radius 2 is 2.00 bits per heavy atom. The Balaban J connectivity index is 2.29. The molecule has 1 aliphatic rings. The van der Waals surface area contributed by atoms with Crippen LogP contribution in [0.1, 0.15) is 5.56 Å². The van der Waals surface area contributed by atoms with Crippen molar-refractivity contribution in [3.05, 3.63) is 24.3 Å². The molecule has 0 amide bonds. The predicted molar refractivity (Wildman–Crippen MR) is 38.7 cm³/mol. The van der Waals surface area contributed by atoms with Gasteiger partial charge in [-0.05, 0) is 0 Å². The van der Waals surface area contributed by atoms with Gasteiger partial charge in [-0.15, -0.1) is 0 Å². The zero-order chi connectivity index (χ0) is 7.73. The van der Waals surface area contributed by atoms with Gasteiger partial charge in [0.05, 0.1) is 18.8 Å². The van der Waals surface area contributed by atoms with Crippen molar-refractivity contribution in [3.8, 4) is 0 Å². The molecule has 1 aromatic heterocycles. The smallest absolute Gasteiger partial charge is 0.115 e. The molecule has 2 rings (SSSR count). The van der Waals surface area contributed by atoms with Crippen LogP contribution in [0.3, 0.4) is 0 Å². The molecule has 0 aromatic carbocycles. The number of aromatic nitrogens is 2. The zero-order valence-electron chi connectivity index (χ0n) is 6.03. The summed E-state index contributed by atoms with van der Waals surface area (Å²) < 4.78 is 5.01. The fourth-order valence-corrected chi connectivity index (χ4v) is 1.04. The minimum Gasteiger partial charge on any atom is -0.377 e. The average molecular weight is 151 g/mol. The summed E-state index contributed by atoms with van der Waals surface area (Å²) in [6.07, 6.45) is 4.96.